The van der Waals surface area contributed by atoms with Crippen molar-refractivity contribution in [2.45, 2.75) is 20.3 Å². The van der Waals surface area contributed by atoms with E-state index in [1.807, 2.05) is 36.7 Å². The molecule has 2 aromatic heterocycles. The van der Waals surface area contributed by atoms with Gasteiger partial charge in [-0.2, -0.15) is 0 Å². The first-order valence-corrected chi connectivity index (χ1v) is 9.21. The van der Waals surface area contributed by atoms with Crippen molar-refractivity contribution >= 4 is 0 Å². The second kappa shape index (κ2) is 7.55. The van der Waals surface area contributed by atoms with Crippen LogP contribution in [0.3, 0.4) is 0 Å². The maximum Gasteiger partial charge on any atom is 0.0702 e. The van der Waals surface area contributed by atoms with Crippen LogP contribution in [0.15, 0.2) is 85.2 Å². The van der Waals surface area contributed by atoms with Crippen molar-refractivity contribution in [3.05, 3.63) is 107 Å². The van der Waals surface area contributed by atoms with Gasteiger partial charge >= 0.3 is 0 Å². The van der Waals surface area contributed by atoms with E-state index in [0.717, 1.165) is 17.8 Å². The van der Waals surface area contributed by atoms with E-state index in [2.05, 4.69) is 72.3 Å². The summed E-state index contributed by atoms with van der Waals surface area (Å²) in [6, 6.07) is 25.5. The second-order valence-corrected chi connectivity index (χ2v) is 7.02. The summed E-state index contributed by atoms with van der Waals surface area (Å²) in [6.07, 6.45) is 4.58. The van der Waals surface area contributed by atoms with Crippen LogP contribution < -0.4 is 0 Å². The van der Waals surface area contributed by atoms with Gasteiger partial charge in [-0.3, -0.25) is 9.97 Å². The predicted octanol–water partition coefficient (Wildman–Crippen LogP) is 6.02. The van der Waals surface area contributed by atoms with Gasteiger partial charge in [0, 0.05) is 23.5 Å². The summed E-state index contributed by atoms with van der Waals surface area (Å²) in [4.78, 5) is 9.00. The normalized spacial score (nSPS) is 10.7. The quantitative estimate of drug-likeness (QED) is 0.450. The predicted molar refractivity (Wildman–Crippen MR) is 112 cm³/mol. The van der Waals surface area contributed by atoms with Gasteiger partial charge in [0.05, 0.1) is 11.4 Å². The van der Waals surface area contributed by atoms with E-state index >= 15 is 0 Å². The van der Waals surface area contributed by atoms with Crippen LogP contribution in [-0.4, -0.2) is 9.97 Å². The maximum absolute atomic E-state index is 4.50. The number of hydrogen-bond donors (Lipinski definition) is 0. The fourth-order valence-corrected chi connectivity index (χ4v) is 3.53. The number of hydrogen-bond acceptors (Lipinski definition) is 2. The Morgan fingerprint density at radius 3 is 1.48 bits per heavy atom. The molecule has 0 aliphatic carbocycles. The Labute approximate surface area is 160 Å². The first kappa shape index (κ1) is 17.2. The molecule has 132 valence electrons. The molecule has 0 radical (unpaired) electrons. The molecule has 0 fully saturated rings. The molecule has 2 heterocycles. The van der Waals surface area contributed by atoms with Gasteiger partial charge in [0.2, 0.25) is 0 Å². The SMILES string of the molecule is Cc1cc(Cc2cc(C)cc(-c3ccccn3)c2)cc(-c2ccccn2)c1. The third-order valence-electron chi connectivity index (χ3n) is 4.60. The van der Waals surface area contributed by atoms with Crippen molar-refractivity contribution in [3.8, 4) is 22.5 Å². The van der Waals surface area contributed by atoms with Gasteiger partial charge in [0.1, 0.15) is 0 Å². The van der Waals surface area contributed by atoms with Crippen molar-refractivity contribution in [1.82, 2.24) is 9.97 Å². The van der Waals surface area contributed by atoms with Gasteiger partial charge in [-0.1, -0.05) is 35.4 Å². The van der Waals surface area contributed by atoms with E-state index < -0.39 is 0 Å². The Kier molecular flexibility index (Phi) is 4.80. The van der Waals surface area contributed by atoms with Crippen molar-refractivity contribution in [2.75, 3.05) is 0 Å². The fourth-order valence-electron chi connectivity index (χ4n) is 3.53. The van der Waals surface area contributed by atoms with Gasteiger partial charge in [0.25, 0.3) is 0 Å². The molecule has 0 unspecified atom stereocenters. The zero-order chi connectivity index (χ0) is 18.6. The van der Waals surface area contributed by atoms with Crippen LogP contribution in [0.25, 0.3) is 22.5 Å². The molecule has 0 bridgehead atoms. The number of aryl methyl sites for hydroxylation is 2. The Bertz CT molecular complexity index is 967. The monoisotopic (exact) mass is 350 g/mol. The topological polar surface area (TPSA) is 25.8 Å². The molecule has 0 aliphatic heterocycles. The number of pyridine rings is 2. The summed E-state index contributed by atoms with van der Waals surface area (Å²) in [5.74, 6) is 0. The highest BCUT2D eigenvalue weighted by atomic mass is 14.7. The summed E-state index contributed by atoms with van der Waals surface area (Å²) in [5, 5.41) is 0. The molecule has 0 amide bonds. The summed E-state index contributed by atoms with van der Waals surface area (Å²) < 4.78 is 0. The van der Waals surface area contributed by atoms with E-state index in [0.29, 0.717) is 0 Å². The molecular weight excluding hydrogens is 328 g/mol. The van der Waals surface area contributed by atoms with Crippen molar-refractivity contribution in [1.29, 1.82) is 0 Å². The lowest BCUT2D eigenvalue weighted by atomic mass is 9.96. The first-order valence-electron chi connectivity index (χ1n) is 9.21. The second-order valence-electron chi connectivity index (χ2n) is 7.02. The van der Waals surface area contributed by atoms with Crippen molar-refractivity contribution in [2.24, 2.45) is 0 Å². The lowest BCUT2D eigenvalue weighted by molar-refractivity contribution is 1.17. The molecule has 0 spiro atoms. The standard InChI is InChI=1S/C25H22N2/c1-18-11-20(16-22(13-18)24-7-3-5-9-26-24)15-21-12-19(2)14-23(17-21)25-8-4-6-10-27-25/h3-14,16-17H,15H2,1-2H3. The lowest BCUT2D eigenvalue weighted by Crippen LogP contribution is -1.94. The average molecular weight is 350 g/mol. The van der Waals surface area contributed by atoms with E-state index in [4.69, 9.17) is 0 Å². The molecule has 2 heteroatoms. The fraction of sp³-hybridized carbons (Fsp3) is 0.120. The average Bonchev–Trinajstić information content (AvgIpc) is 2.68. The third kappa shape index (κ3) is 4.12. The highest BCUT2D eigenvalue weighted by Gasteiger charge is 2.06. The summed E-state index contributed by atoms with van der Waals surface area (Å²) in [6.45, 7) is 4.29. The highest BCUT2D eigenvalue weighted by molar-refractivity contribution is 5.63. The van der Waals surface area contributed by atoms with Crippen LogP contribution in [0.2, 0.25) is 0 Å². The molecule has 2 aromatic carbocycles. The lowest BCUT2D eigenvalue weighted by Gasteiger charge is -2.10. The van der Waals surface area contributed by atoms with E-state index in [1.54, 1.807) is 0 Å². The van der Waals surface area contributed by atoms with Crippen LogP contribution in [0.5, 0.6) is 0 Å². The molecule has 0 N–H and O–H groups in total. The summed E-state index contributed by atoms with van der Waals surface area (Å²) in [5.41, 5.74) is 9.48. The number of rotatable bonds is 4. The van der Waals surface area contributed by atoms with Gasteiger partial charge in [-0.25, -0.2) is 0 Å². The third-order valence-corrected chi connectivity index (χ3v) is 4.60. The van der Waals surface area contributed by atoms with Crippen LogP contribution in [0.4, 0.5) is 0 Å². The molecule has 0 saturated heterocycles. The van der Waals surface area contributed by atoms with E-state index in [9.17, 15) is 0 Å². The number of nitrogens with zero attached hydrogens (tertiary/aromatic N) is 2. The van der Waals surface area contributed by atoms with E-state index in [1.165, 1.54) is 33.4 Å². The molecule has 0 saturated carbocycles. The minimum Gasteiger partial charge on any atom is -0.256 e. The van der Waals surface area contributed by atoms with Crippen LogP contribution in [0.1, 0.15) is 22.3 Å². The summed E-state index contributed by atoms with van der Waals surface area (Å²) >= 11 is 0. The largest absolute Gasteiger partial charge is 0.256 e. The van der Waals surface area contributed by atoms with Gasteiger partial charge < -0.3 is 0 Å². The van der Waals surface area contributed by atoms with Crippen LogP contribution >= 0.6 is 0 Å². The van der Waals surface area contributed by atoms with Gasteiger partial charge in [0.15, 0.2) is 0 Å². The first-order chi connectivity index (χ1) is 13.2. The molecule has 0 atom stereocenters. The van der Waals surface area contributed by atoms with Gasteiger partial charge in [-0.05, 0) is 79.9 Å². The highest BCUT2D eigenvalue weighted by Crippen LogP contribution is 2.25. The smallest absolute Gasteiger partial charge is 0.0702 e. The molecule has 27 heavy (non-hydrogen) atoms. The minimum absolute atomic E-state index is 0.892. The van der Waals surface area contributed by atoms with Crippen molar-refractivity contribution in [3.63, 3.8) is 0 Å². The van der Waals surface area contributed by atoms with E-state index in [-0.39, 0.29) is 0 Å². The summed E-state index contributed by atoms with van der Waals surface area (Å²) in [7, 11) is 0. The van der Waals surface area contributed by atoms with Crippen LogP contribution in [0, 0.1) is 13.8 Å². The molecule has 4 aromatic rings. The molecular formula is C25H22N2. The zero-order valence-electron chi connectivity index (χ0n) is 15.7. The zero-order valence-corrected chi connectivity index (χ0v) is 15.7. The number of benzene rings is 2. The molecule has 4 rings (SSSR count). The maximum atomic E-state index is 4.50. The molecule has 0 aliphatic rings. The molecule has 2 nitrogen and oxygen atoms in total. The Balaban J connectivity index is 1.69. The Morgan fingerprint density at radius 1 is 0.593 bits per heavy atom. The minimum atomic E-state index is 0.892. The van der Waals surface area contributed by atoms with Gasteiger partial charge in [-0.15, -0.1) is 0 Å². The Hall–Kier alpha value is -3.26. The number of aromatic nitrogens is 2. The van der Waals surface area contributed by atoms with Crippen molar-refractivity contribution < 1.29 is 0 Å². The van der Waals surface area contributed by atoms with Crippen LogP contribution in [-0.2, 0) is 6.42 Å². The Morgan fingerprint density at radius 2 is 1.07 bits per heavy atom.